The van der Waals surface area contributed by atoms with Gasteiger partial charge in [0.15, 0.2) is 5.96 Å². The molecule has 2 aromatic rings. The molecule has 0 unspecified atom stereocenters. The minimum Gasteiger partial charge on any atom is -0.352 e. The smallest absolute Gasteiger partial charge is 0.253 e. The van der Waals surface area contributed by atoms with E-state index in [9.17, 15) is 4.79 Å². The Hall–Kier alpha value is -2.34. The third-order valence-corrected chi connectivity index (χ3v) is 4.77. The number of hydrogen-bond donors (Lipinski definition) is 1. The molecule has 1 N–H and O–H groups in total. The second-order valence-corrected chi connectivity index (χ2v) is 7.10. The van der Waals surface area contributed by atoms with Crippen LogP contribution < -0.4 is 5.32 Å². The Bertz CT molecular complexity index is 772. The minimum atomic E-state index is 0.00786. The van der Waals surface area contributed by atoms with Crippen molar-refractivity contribution in [1.82, 2.24) is 15.1 Å². The largest absolute Gasteiger partial charge is 0.352 e. The quantitative estimate of drug-likeness (QED) is 0.600. The molecule has 0 bridgehead atoms. The summed E-state index contributed by atoms with van der Waals surface area (Å²) in [6.07, 6.45) is 0. The van der Waals surface area contributed by atoms with E-state index in [0.29, 0.717) is 12.1 Å². The maximum Gasteiger partial charge on any atom is 0.253 e. The van der Waals surface area contributed by atoms with E-state index in [2.05, 4.69) is 37.2 Å². The number of guanidine groups is 1. The molecule has 0 aliphatic heterocycles. The summed E-state index contributed by atoms with van der Waals surface area (Å²) in [5, 5.41) is 3.36. The molecule has 0 aliphatic carbocycles. The number of nitrogens with zero attached hydrogens (tertiary/aromatic N) is 3. The molecule has 138 valence electrons. The number of rotatable bonds is 5. The van der Waals surface area contributed by atoms with Crippen molar-refractivity contribution < 1.29 is 4.79 Å². The third-order valence-electron chi connectivity index (χ3n) is 4.00. The highest BCUT2D eigenvalue weighted by atomic mass is 79.9. The standard InChI is InChI=1S/C20H25BrN4O/c1-22-20(25(4)14-17-7-5-6-8-18(17)21)23-13-15-9-11-16(12-10-15)19(26)24(2)3/h5-12H,13-14H2,1-4H3,(H,22,23). The Kier molecular flexibility index (Phi) is 7.21. The zero-order chi connectivity index (χ0) is 19.1. The fourth-order valence-corrected chi connectivity index (χ4v) is 2.96. The Morgan fingerprint density at radius 3 is 2.31 bits per heavy atom. The van der Waals surface area contributed by atoms with Crippen molar-refractivity contribution in [2.24, 2.45) is 4.99 Å². The lowest BCUT2D eigenvalue weighted by molar-refractivity contribution is 0.0827. The molecule has 0 saturated carbocycles. The van der Waals surface area contributed by atoms with E-state index >= 15 is 0 Å². The van der Waals surface area contributed by atoms with Gasteiger partial charge in [0, 0.05) is 51.3 Å². The van der Waals surface area contributed by atoms with Crippen molar-refractivity contribution in [3.05, 3.63) is 69.7 Å². The van der Waals surface area contributed by atoms with Gasteiger partial charge >= 0.3 is 0 Å². The van der Waals surface area contributed by atoms with E-state index < -0.39 is 0 Å². The molecule has 0 aromatic heterocycles. The average Bonchev–Trinajstić information content (AvgIpc) is 2.64. The summed E-state index contributed by atoms with van der Waals surface area (Å²) in [6, 6.07) is 15.8. The van der Waals surface area contributed by atoms with Crippen molar-refractivity contribution in [1.29, 1.82) is 0 Å². The molecule has 0 atom stereocenters. The Morgan fingerprint density at radius 1 is 1.08 bits per heavy atom. The van der Waals surface area contributed by atoms with E-state index in [1.165, 1.54) is 5.56 Å². The highest BCUT2D eigenvalue weighted by molar-refractivity contribution is 9.10. The van der Waals surface area contributed by atoms with Crippen LogP contribution in [0.4, 0.5) is 0 Å². The van der Waals surface area contributed by atoms with E-state index in [0.717, 1.165) is 22.5 Å². The molecular formula is C20H25BrN4O. The molecule has 0 saturated heterocycles. The van der Waals surface area contributed by atoms with E-state index in [1.807, 2.05) is 49.5 Å². The molecule has 2 rings (SSSR count). The van der Waals surface area contributed by atoms with Crippen LogP contribution in [0.3, 0.4) is 0 Å². The zero-order valence-electron chi connectivity index (χ0n) is 15.7. The molecule has 0 spiro atoms. The van der Waals surface area contributed by atoms with Crippen LogP contribution in [0.1, 0.15) is 21.5 Å². The molecule has 26 heavy (non-hydrogen) atoms. The Labute approximate surface area is 163 Å². The van der Waals surface area contributed by atoms with E-state index in [1.54, 1.807) is 26.0 Å². The molecular weight excluding hydrogens is 392 g/mol. The van der Waals surface area contributed by atoms with Crippen LogP contribution >= 0.6 is 15.9 Å². The van der Waals surface area contributed by atoms with Gasteiger partial charge in [-0.25, -0.2) is 0 Å². The highest BCUT2D eigenvalue weighted by Gasteiger charge is 2.10. The fraction of sp³-hybridized carbons (Fsp3) is 0.300. The number of carbonyl (C=O) groups is 1. The third kappa shape index (κ3) is 5.33. The van der Waals surface area contributed by atoms with Crippen molar-refractivity contribution in [2.75, 3.05) is 28.2 Å². The van der Waals surface area contributed by atoms with Gasteiger partial charge < -0.3 is 15.1 Å². The molecule has 0 radical (unpaired) electrons. The number of aliphatic imine (C=N–C) groups is 1. The summed E-state index contributed by atoms with van der Waals surface area (Å²) >= 11 is 3.58. The number of benzene rings is 2. The minimum absolute atomic E-state index is 0.00786. The summed E-state index contributed by atoms with van der Waals surface area (Å²) in [5.41, 5.74) is 2.98. The van der Waals surface area contributed by atoms with Crippen LogP contribution in [0.15, 0.2) is 58.0 Å². The van der Waals surface area contributed by atoms with Crippen LogP contribution in [-0.2, 0) is 13.1 Å². The first kappa shape index (κ1) is 20.0. The van der Waals surface area contributed by atoms with Gasteiger partial charge in [-0.05, 0) is 29.3 Å². The van der Waals surface area contributed by atoms with Gasteiger partial charge in [-0.3, -0.25) is 9.79 Å². The SMILES string of the molecule is CN=C(NCc1ccc(C(=O)N(C)C)cc1)N(C)Cc1ccccc1Br. The average molecular weight is 417 g/mol. The van der Waals surface area contributed by atoms with Gasteiger partial charge in [0.2, 0.25) is 0 Å². The lowest BCUT2D eigenvalue weighted by Gasteiger charge is -2.23. The molecule has 6 heteroatoms. The van der Waals surface area contributed by atoms with Crippen LogP contribution in [0.5, 0.6) is 0 Å². The van der Waals surface area contributed by atoms with E-state index in [-0.39, 0.29) is 5.91 Å². The number of nitrogens with one attached hydrogen (secondary N) is 1. The van der Waals surface area contributed by atoms with Crippen molar-refractivity contribution in [3.63, 3.8) is 0 Å². The summed E-state index contributed by atoms with van der Waals surface area (Å²) in [5.74, 6) is 0.822. The molecule has 2 aromatic carbocycles. The van der Waals surface area contributed by atoms with Gasteiger partial charge in [-0.2, -0.15) is 0 Å². The maximum atomic E-state index is 11.9. The second-order valence-electron chi connectivity index (χ2n) is 6.24. The van der Waals surface area contributed by atoms with Crippen molar-refractivity contribution in [3.8, 4) is 0 Å². The topological polar surface area (TPSA) is 47.9 Å². The molecule has 0 heterocycles. The van der Waals surface area contributed by atoms with Crippen LogP contribution in [0, 0.1) is 0 Å². The van der Waals surface area contributed by atoms with Gasteiger partial charge in [0.25, 0.3) is 5.91 Å². The first-order chi connectivity index (χ1) is 12.4. The molecule has 0 aliphatic rings. The number of carbonyl (C=O) groups excluding carboxylic acids is 1. The predicted octanol–water partition coefficient (Wildman–Crippen LogP) is 3.36. The second kappa shape index (κ2) is 9.38. The number of amides is 1. The number of hydrogen-bond acceptors (Lipinski definition) is 2. The predicted molar refractivity (Wildman–Crippen MR) is 110 cm³/mol. The molecule has 0 fully saturated rings. The van der Waals surface area contributed by atoms with Gasteiger partial charge in [-0.15, -0.1) is 0 Å². The molecule has 5 nitrogen and oxygen atoms in total. The van der Waals surface area contributed by atoms with E-state index in [4.69, 9.17) is 0 Å². The lowest BCUT2D eigenvalue weighted by Crippen LogP contribution is -2.38. The highest BCUT2D eigenvalue weighted by Crippen LogP contribution is 2.17. The summed E-state index contributed by atoms with van der Waals surface area (Å²) in [7, 11) is 7.29. The van der Waals surface area contributed by atoms with Gasteiger partial charge in [0.1, 0.15) is 0 Å². The first-order valence-corrected chi connectivity index (χ1v) is 9.17. The van der Waals surface area contributed by atoms with Gasteiger partial charge in [-0.1, -0.05) is 46.3 Å². The fourth-order valence-electron chi connectivity index (χ4n) is 2.55. The van der Waals surface area contributed by atoms with Crippen molar-refractivity contribution >= 4 is 27.8 Å². The first-order valence-electron chi connectivity index (χ1n) is 8.38. The Balaban J connectivity index is 1.96. The van der Waals surface area contributed by atoms with Gasteiger partial charge in [0.05, 0.1) is 0 Å². The summed E-state index contributed by atoms with van der Waals surface area (Å²) < 4.78 is 1.09. The lowest BCUT2D eigenvalue weighted by atomic mass is 10.1. The van der Waals surface area contributed by atoms with Crippen LogP contribution in [0.25, 0.3) is 0 Å². The number of halogens is 1. The Morgan fingerprint density at radius 2 is 1.73 bits per heavy atom. The molecule has 1 amide bonds. The normalized spacial score (nSPS) is 11.2. The van der Waals surface area contributed by atoms with Crippen LogP contribution in [0.2, 0.25) is 0 Å². The summed E-state index contributed by atoms with van der Waals surface area (Å²) in [4.78, 5) is 19.9. The maximum absolute atomic E-state index is 11.9. The monoisotopic (exact) mass is 416 g/mol. The van der Waals surface area contributed by atoms with Crippen LogP contribution in [-0.4, -0.2) is 49.9 Å². The van der Waals surface area contributed by atoms with Crippen molar-refractivity contribution in [2.45, 2.75) is 13.1 Å². The summed E-state index contributed by atoms with van der Waals surface area (Å²) in [6.45, 7) is 1.39. The zero-order valence-corrected chi connectivity index (χ0v) is 17.2.